The van der Waals surface area contributed by atoms with Crippen LogP contribution in [0.2, 0.25) is 0 Å². The van der Waals surface area contributed by atoms with Gasteiger partial charge >= 0.3 is 0 Å². The summed E-state index contributed by atoms with van der Waals surface area (Å²) in [4.78, 5) is 12.4. The number of ether oxygens (including phenoxy) is 2. The molecule has 2 aromatic rings. The van der Waals surface area contributed by atoms with Crippen LogP contribution in [0.1, 0.15) is 28.9 Å². The van der Waals surface area contributed by atoms with Crippen LogP contribution in [0, 0.1) is 0 Å². The van der Waals surface area contributed by atoms with Gasteiger partial charge in [-0.05, 0) is 46.6 Å². The lowest BCUT2D eigenvalue weighted by Gasteiger charge is -2.15. The maximum Gasteiger partial charge on any atom is 0.251 e. The van der Waals surface area contributed by atoms with Crippen LogP contribution in [0.15, 0.2) is 53.0 Å². The van der Waals surface area contributed by atoms with Gasteiger partial charge in [0.05, 0.1) is 17.1 Å². The SMILES string of the molecule is COCCOc1ccc(C(=O)NC(C)c2ccccc2)cc1Br. The molecule has 0 fully saturated rings. The second kappa shape index (κ2) is 8.70. The van der Waals surface area contributed by atoms with E-state index in [-0.39, 0.29) is 11.9 Å². The summed E-state index contributed by atoms with van der Waals surface area (Å²) in [5, 5.41) is 2.99. The quantitative estimate of drug-likeness (QED) is 0.742. The first-order valence-electron chi connectivity index (χ1n) is 7.39. The molecule has 0 saturated carbocycles. The minimum atomic E-state index is -0.120. The van der Waals surface area contributed by atoms with E-state index in [0.29, 0.717) is 24.5 Å². The standard InChI is InChI=1S/C18H20BrNO3/c1-13(14-6-4-3-5-7-14)20-18(21)15-8-9-17(16(19)12-15)23-11-10-22-2/h3-9,12-13H,10-11H2,1-2H3,(H,20,21). The smallest absolute Gasteiger partial charge is 0.251 e. The Balaban J connectivity index is 2.01. The molecule has 0 spiro atoms. The zero-order valence-corrected chi connectivity index (χ0v) is 14.8. The zero-order valence-electron chi connectivity index (χ0n) is 13.2. The summed E-state index contributed by atoms with van der Waals surface area (Å²) in [5.74, 6) is 0.570. The molecule has 122 valence electrons. The predicted octanol–water partition coefficient (Wildman–Crippen LogP) is 3.97. The number of hydrogen-bond donors (Lipinski definition) is 1. The van der Waals surface area contributed by atoms with Gasteiger partial charge in [0, 0.05) is 12.7 Å². The number of carbonyl (C=O) groups is 1. The summed E-state index contributed by atoms with van der Waals surface area (Å²) in [6.45, 7) is 2.94. The summed E-state index contributed by atoms with van der Waals surface area (Å²) in [6, 6.07) is 15.1. The van der Waals surface area contributed by atoms with E-state index in [1.54, 1.807) is 25.3 Å². The summed E-state index contributed by atoms with van der Waals surface area (Å²) in [6.07, 6.45) is 0. The second-order valence-corrected chi connectivity index (χ2v) is 5.95. The first-order chi connectivity index (χ1) is 11.1. The Morgan fingerprint density at radius 2 is 1.91 bits per heavy atom. The van der Waals surface area contributed by atoms with Gasteiger partial charge in [-0.1, -0.05) is 30.3 Å². The number of nitrogens with one attached hydrogen (secondary N) is 1. The fourth-order valence-electron chi connectivity index (χ4n) is 2.10. The fraction of sp³-hybridized carbons (Fsp3) is 0.278. The minimum absolute atomic E-state index is 0.0555. The maximum absolute atomic E-state index is 12.4. The molecular weight excluding hydrogens is 358 g/mol. The van der Waals surface area contributed by atoms with Crippen LogP contribution in [-0.2, 0) is 4.74 Å². The van der Waals surface area contributed by atoms with Crippen molar-refractivity contribution < 1.29 is 14.3 Å². The van der Waals surface area contributed by atoms with Gasteiger partial charge in [-0.2, -0.15) is 0 Å². The van der Waals surface area contributed by atoms with Gasteiger partial charge in [0.2, 0.25) is 0 Å². The molecule has 1 N–H and O–H groups in total. The number of benzene rings is 2. The molecule has 0 saturated heterocycles. The minimum Gasteiger partial charge on any atom is -0.490 e. The van der Waals surface area contributed by atoms with E-state index in [4.69, 9.17) is 9.47 Å². The first kappa shape index (κ1) is 17.5. The Morgan fingerprint density at radius 3 is 2.57 bits per heavy atom. The third kappa shape index (κ3) is 5.08. The van der Waals surface area contributed by atoms with Gasteiger partial charge < -0.3 is 14.8 Å². The molecule has 1 atom stereocenters. The van der Waals surface area contributed by atoms with E-state index in [2.05, 4.69) is 21.2 Å². The number of carbonyl (C=O) groups excluding carboxylic acids is 1. The van der Waals surface area contributed by atoms with E-state index < -0.39 is 0 Å². The third-order valence-corrected chi connectivity index (χ3v) is 4.01. The van der Waals surface area contributed by atoms with Crippen LogP contribution in [0.3, 0.4) is 0 Å². The number of methoxy groups -OCH3 is 1. The van der Waals surface area contributed by atoms with E-state index in [9.17, 15) is 4.79 Å². The largest absolute Gasteiger partial charge is 0.490 e. The van der Waals surface area contributed by atoms with Crippen molar-refractivity contribution in [1.29, 1.82) is 0 Å². The lowest BCUT2D eigenvalue weighted by atomic mass is 10.1. The van der Waals surface area contributed by atoms with Crippen molar-refractivity contribution in [1.82, 2.24) is 5.32 Å². The predicted molar refractivity (Wildman–Crippen MR) is 93.8 cm³/mol. The van der Waals surface area contributed by atoms with Crippen molar-refractivity contribution >= 4 is 21.8 Å². The van der Waals surface area contributed by atoms with Crippen molar-refractivity contribution in [3.8, 4) is 5.75 Å². The van der Waals surface area contributed by atoms with Crippen molar-refractivity contribution in [2.24, 2.45) is 0 Å². The van der Waals surface area contributed by atoms with Gasteiger partial charge in [0.1, 0.15) is 12.4 Å². The first-order valence-corrected chi connectivity index (χ1v) is 8.18. The molecule has 1 amide bonds. The lowest BCUT2D eigenvalue weighted by molar-refractivity contribution is 0.0939. The molecular formula is C18H20BrNO3. The number of hydrogen-bond acceptors (Lipinski definition) is 3. The highest BCUT2D eigenvalue weighted by Crippen LogP contribution is 2.26. The second-order valence-electron chi connectivity index (χ2n) is 5.09. The van der Waals surface area contributed by atoms with Crippen LogP contribution >= 0.6 is 15.9 Å². The van der Waals surface area contributed by atoms with Gasteiger partial charge in [0.25, 0.3) is 5.91 Å². The molecule has 4 nitrogen and oxygen atoms in total. The highest BCUT2D eigenvalue weighted by Gasteiger charge is 2.13. The van der Waals surface area contributed by atoms with E-state index in [1.807, 2.05) is 37.3 Å². The van der Waals surface area contributed by atoms with Crippen molar-refractivity contribution in [2.45, 2.75) is 13.0 Å². The van der Waals surface area contributed by atoms with E-state index in [1.165, 1.54) is 0 Å². The molecule has 0 aliphatic heterocycles. The van der Waals surface area contributed by atoms with Gasteiger partial charge in [-0.15, -0.1) is 0 Å². The van der Waals surface area contributed by atoms with Crippen molar-refractivity contribution in [2.75, 3.05) is 20.3 Å². The lowest BCUT2D eigenvalue weighted by Crippen LogP contribution is -2.26. The van der Waals surface area contributed by atoms with Crippen LogP contribution in [-0.4, -0.2) is 26.2 Å². The highest BCUT2D eigenvalue weighted by atomic mass is 79.9. The summed E-state index contributed by atoms with van der Waals surface area (Å²) in [5.41, 5.74) is 1.65. The van der Waals surface area contributed by atoms with Crippen LogP contribution in [0.4, 0.5) is 0 Å². The number of amides is 1. The molecule has 0 radical (unpaired) electrons. The molecule has 0 aliphatic rings. The molecule has 0 aliphatic carbocycles. The Bertz CT molecular complexity index is 646. The summed E-state index contributed by atoms with van der Waals surface area (Å²) in [7, 11) is 1.62. The van der Waals surface area contributed by atoms with Gasteiger partial charge in [0.15, 0.2) is 0 Å². The number of rotatable bonds is 7. The Morgan fingerprint density at radius 1 is 1.17 bits per heavy atom. The molecule has 0 aromatic heterocycles. The van der Waals surface area contributed by atoms with Crippen LogP contribution < -0.4 is 10.1 Å². The molecule has 0 bridgehead atoms. The zero-order chi connectivity index (χ0) is 16.7. The average Bonchev–Trinajstić information content (AvgIpc) is 2.57. The molecule has 2 rings (SSSR count). The topological polar surface area (TPSA) is 47.6 Å². The highest BCUT2D eigenvalue weighted by molar-refractivity contribution is 9.10. The van der Waals surface area contributed by atoms with Gasteiger partial charge in [-0.3, -0.25) is 4.79 Å². The van der Waals surface area contributed by atoms with Gasteiger partial charge in [-0.25, -0.2) is 0 Å². The monoisotopic (exact) mass is 377 g/mol. The summed E-state index contributed by atoms with van der Waals surface area (Å²) < 4.78 is 11.2. The Kier molecular flexibility index (Phi) is 6.62. The van der Waals surface area contributed by atoms with Crippen molar-refractivity contribution in [3.63, 3.8) is 0 Å². The molecule has 0 heterocycles. The Labute approximate surface area is 144 Å². The van der Waals surface area contributed by atoms with Crippen LogP contribution in [0.5, 0.6) is 5.75 Å². The Hall–Kier alpha value is -1.85. The third-order valence-electron chi connectivity index (χ3n) is 3.39. The van der Waals surface area contributed by atoms with Crippen molar-refractivity contribution in [3.05, 3.63) is 64.1 Å². The molecule has 2 aromatic carbocycles. The van der Waals surface area contributed by atoms with Crippen LogP contribution in [0.25, 0.3) is 0 Å². The average molecular weight is 378 g/mol. The van der Waals surface area contributed by atoms with E-state index >= 15 is 0 Å². The molecule has 23 heavy (non-hydrogen) atoms. The number of halogens is 1. The summed E-state index contributed by atoms with van der Waals surface area (Å²) >= 11 is 3.43. The van der Waals surface area contributed by atoms with E-state index in [0.717, 1.165) is 10.0 Å². The normalized spacial score (nSPS) is 11.8. The fourth-order valence-corrected chi connectivity index (χ4v) is 2.59. The maximum atomic E-state index is 12.4. The molecule has 1 unspecified atom stereocenters. The molecule has 5 heteroatoms.